The van der Waals surface area contributed by atoms with E-state index in [4.69, 9.17) is 4.74 Å². The summed E-state index contributed by atoms with van der Waals surface area (Å²) in [5.74, 6) is -1.40. The van der Waals surface area contributed by atoms with Gasteiger partial charge in [0.2, 0.25) is 10.0 Å². The molecule has 0 atom stereocenters. The van der Waals surface area contributed by atoms with Crippen molar-refractivity contribution in [2.75, 3.05) is 23.4 Å². The van der Waals surface area contributed by atoms with Gasteiger partial charge in [-0.1, -0.05) is 26.8 Å². The molecule has 0 fully saturated rings. The Morgan fingerprint density at radius 2 is 1.74 bits per heavy atom. The Morgan fingerprint density at radius 1 is 1.09 bits per heavy atom. The van der Waals surface area contributed by atoms with E-state index in [0.29, 0.717) is 16.9 Å². The number of carbonyl (C=O) groups is 2. The average Bonchev–Trinajstić information content (AvgIpc) is 3.22. The van der Waals surface area contributed by atoms with Gasteiger partial charge in [0.05, 0.1) is 42.2 Å². The zero-order chi connectivity index (χ0) is 26.1. The predicted octanol–water partition coefficient (Wildman–Crippen LogP) is 3.81. The van der Waals surface area contributed by atoms with Gasteiger partial charge in [0, 0.05) is 11.8 Å². The van der Waals surface area contributed by atoms with E-state index >= 15 is 0 Å². The Morgan fingerprint density at radius 3 is 2.29 bits per heavy atom. The van der Waals surface area contributed by atoms with Gasteiger partial charge < -0.3 is 15.2 Å². The summed E-state index contributed by atoms with van der Waals surface area (Å²) in [6.07, 6.45) is 3.63. The van der Waals surface area contributed by atoms with Crippen LogP contribution >= 0.6 is 0 Å². The Balaban J connectivity index is 2.04. The molecule has 0 saturated heterocycles. The molecule has 0 aliphatic heterocycles. The number of benzene rings is 2. The molecule has 1 heterocycles. The van der Waals surface area contributed by atoms with Crippen LogP contribution in [0, 0.1) is 6.92 Å². The fourth-order valence-electron chi connectivity index (χ4n) is 3.41. The van der Waals surface area contributed by atoms with Crippen LogP contribution in [0.5, 0.6) is 5.75 Å². The molecule has 3 rings (SSSR count). The van der Waals surface area contributed by atoms with Gasteiger partial charge in [0.25, 0.3) is 5.91 Å². The van der Waals surface area contributed by atoms with Crippen molar-refractivity contribution in [2.24, 2.45) is 0 Å². The second-order valence-electron chi connectivity index (χ2n) is 9.16. The van der Waals surface area contributed by atoms with E-state index in [0.717, 1.165) is 17.4 Å². The topological polar surface area (TPSA) is 140 Å². The van der Waals surface area contributed by atoms with Crippen molar-refractivity contribution in [3.8, 4) is 11.4 Å². The van der Waals surface area contributed by atoms with Crippen LogP contribution in [0.2, 0.25) is 0 Å². The summed E-state index contributed by atoms with van der Waals surface area (Å²) in [6, 6.07) is 8.37. The molecule has 3 N–H and O–H groups in total. The number of hydrogen-bond donors (Lipinski definition) is 3. The molecule has 0 aliphatic carbocycles. The van der Waals surface area contributed by atoms with Crippen LogP contribution in [0.25, 0.3) is 5.69 Å². The van der Waals surface area contributed by atoms with E-state index in [-0.39, 0.29) is 22.4 Å². The molecular weight excluding hydrogens is 472 g/mol. The monoisotopic (exact) mass is 500 g/mol. The van der Waals surface area contributed by atoms with Crippen molar-refractivity contribution in [3.63, 3.8) is 0 Å². The summed E-state index contributed by atoms with van der Waals surface area (Å²) in [4.78, 5) is 24.4. The maximum absolute atomic E-state index is 13.2. The summed E-state index contributed by atoms with van der Waals surface area (Å²) in [6.45, 7) is 7.71. The van der Waals surface area contributed by atoms with Gasteiger partial charge in [-0.05, 0) is 47.7 Å². The second kappa shape index (κ2) is 9.41. The minimum absolute atomic E-state index is 0.0221. The predicted molar refractivity (Wildman–Crippen MR) is 133 cm³/mol. The minimum atomic E-state index is -3.61. The van der Waals surface area contributed by atoms with Gasteiger partial charge in [-0.2, -0.15) is 5.10 Å². The number of aryl methyl sites for hydroxylation is 1. The third-order valence-electron chi connectivity index (χ3n) is 5.25. The summed E-state index contributed by atoms with van der Waals surface area (Å²) in [5.41, 5.74) is 2.58. The normalized spacial score (nSPS) is 11.7. The minimum Gasteiger partial charge on any atom is -0.492 e. The number of nitrogens with one attached hydrogen (secondary N) is 2. The summed E-state index contributed by atoms with van der Waals surface area (Å²) >= 11 is 0. The average molecular weight is 501 g/mol. The van der Waals surface area contributed by atoms with E-state index < -0.39 is 21.9 Å². The lowest BCUT2D eigenvalue weighted by Crippen LogP contribution is -2.18. The maximum Gasteiger partial charge on any atom is 0.338 e. The van der Waals surface area contributed by atoms with E-state index in [1.54, 1.807) is 30.3 Å². The van der Waals surface area contributed by atoms with E-state index in [2.05, 4.69) is 15.1 Å². The Bertz CT molecular complexity index is 1400. The van der Waals surface area contributed by atoms with Gasteiger partial charge in [-0.15, -0.1) is 0 Å². The molecule has 0 radical (unpaired) electrons. The Hall–Kier alpha value is -3.86. The van der Waals surface area contributed by atoms with Crippen molar-refractivity contribution in [3.05, 3.63) is 65.0 Å². The van der Waals surface area contributed by atoms with Crippen LogP contribution in [-0.4, -0.2) is 48.5 Å². The second-order valence-corrected chi connectivity index (χ2v) is 10.9. The number of ether oxygens (including phenoxy) is 1. The standard InChI is InChI=1S/C24H28N4O6S/c1-14-7-8-15(9-20(14)28-13-16(12-25-28)23(30)31)22(29)26-18-10-17(24(2,3)4)11-19(21(18)34-5)27-35(6,32)33/h7-13,27H,1-6H3,(H,26,29)(H,30,31). The molecule has 10 nitrogen and oxygen atoms in total. The third kappa shape index (κ3) is 5.99. The maximum atomic E-state index is 13.2. The number of carbonyl (C=O) groups excluding carboxylic acids is 1. The quantitative estimate of drug-likeness (QED) is 0.448. The lowest BCUT2D eigenvalue weighted by atomic mass is 9.86. The molecule has 186 valence electrons. The lowest BCUT2D eigenvalue weighted by Gasteiger charge is -2.24. The van der Waals surface area contributed by atoms with Crippen LogP contribution in [0.4, 0.5) is 11.4 Å². The Kier molecular flexibility index (Phi) is 6.93. The first-order chi connectivity index (χ1) is 16.2. The molecule has 3 aromatic rings. The highest BCUT2D eigenvalue weighted by Crippen LogP contribution is 2.39. The summed E-state index contributed by atoms with van der Waals surface area (Å²) < 4.78 is 33.2. The van der Waals surface area contributed by atoms with Crippen LogP contribution < -0.4 is 14.8 Å². The molecular formula is C24H28N4O6S. The van der Waals surface area contributed by atoms with Crippen molar-refractivity contribution >= 4 is 33.3 Å². The molecule has 1 amide bonds. The number of nitrogens with zero attached hydrogens (tertiary/aromatic N) is 2. The van der Waals surface area contributed by atoms with E-state index in [1.807, 2.05) is 27.7 Å². The smallest absolute Gasteiger partial charge is 0.338 e. The number of carboxylic acids is 1. The molecule has 0 unspecified atom stereocenters. The zero-order valence-electron chi connectivity index (χ0n) is 20.3. The zero-order valence-corrected chi connectivity index (χ0v) is 21.1. The number of anilines is 2. The van der Waals surface area contributed by atoms with E-state index in [1.165, 1.54) is 24.2 Å². The first-order valence-electron chi connectivity index (χ1n) is 10.6. The number of rotatable bonds is 7. The first-order valence-corrected chi connectivity index (χ1v) is 12.5. The number of hydrogen-bond acceptors (Lipinski definition) is 6. The molecule has 2 aromatic carbocycles. The van der Waals surface area contributed by atoms with Gasteiger partial charge >= 0.3 is 5.97 Å². The summed E-state index contributed by atoms with van der Waals surface area (Å²) in [5, 5.41) is 16.1. The molecule has 11 heteroatoms. The number of sulfonamides is 1. The van der Waals surface area contributed by atoms with Gasteiger partial charge in [0.1, 0.15) is 0 Å². The van der Waals surface area contributed by atoms with E-state index in [9.17, 15) is 23.1 Å². The van der Waals surface area contributed by atoms with Crippen molar-refractivity contribution < 1.29 is 27.9 Å². The fraction of sp³-hybridized carbons (Fsp3) is 0.292. The molecule has 0 bridgehead atoms. The highest BCUT2D eigenvalue weighted by Gasteiger charge is 2.23. The number of amides is 1. The first kappa shape index (κ1) is 25.8. The number of aromatic carboxylic acids is 1. The molecule has 0 aliphatic rings. The van der Waals surface area contributed by atoms with Gasteiger partial charge in [0.15, 0.2) is 5.75 Å². The number of methoxy groups -OCH3 is 1. The van der Waals surface area contributed by atoms with Crippen molar-refractivity contribution in [2.45, 2.75) is 33.1 Å². The van der Waals surface area contributed by atoms with Crippen LogP contribution in [0.15, 0.2) is 42.7 Å². The SMILES string of the molecule is COc1c(NC(=O)c2ccc(C)c(-n3cc(C(=O)O)cn3)c2)cc(C(C)(C)C)cc1NS(C)(=O)=O. The molecule has 0 spiro atoms. The number of aromatic nitrogens is 2. The highest BCUT2D eigenvalue weighted by molar-refractivity contribution is 7.92. The number of carboxylic acid groups (broad SMARTS) is 1. The fourth-order valence-corrected chi connectivity index (χ4v) is 3.96. The molecule has 35 heavy (non-hydrogen) atoms. The van der Waals surface area contributed by atoms with Crippen LogP contribution in [0.3, 0.4) is 0 Å². The molecule has 1 aromatic heterocycles. The van der Waals surface area contributed by atoms with Crippen molar-refractivity contribution in [1.82, 2.24) is 9.78 Å². The van der Waals surface area contributed by atoms with Crippen molar-refractivity contribution in [1.29, 1.82) is 0 Å². The van der Waals surface area contributed by atoms with Gasteiger partial charge in [-0.3, -0.25) is 9.52 Å². The van der Waals surface area contributed by atoms with Crippen LogP contribution in [-0.2, 0) is 15.4 Å². The lowest BCUT2D eigenvalue weighted by molar-refractivity contribution is 0.0696. The molecule has 0 saturated carbocycles. The highest BCUT2D eigenvalue weighted by atomic mass is 32.2. The van der Waals surface area contributed by atoms with Crippen LogP contribution in [0.1, 0.15) is 52.6 Å². The third-order valence-corrected chi connectivity index (χ3v) is 5.84. The van der Waals surface area contributed by atoms with Gasteiger partial charge in [-0.25, -0.2) is 17.9 Å². The Labute approximate surface area is 204 Å². The largest absolute Gasteiger partial charge is 0.492 e. The summed E-state index contributed by atoms with van der Waals surface area (Å²) in [7, 11) is -2.22.